The van der Waals surface area contributed by atoms with Gasteiger partial charge in [-0.15, -0.1) is 0 Å². The van der Waals surface area contributed by atoms with Gasteiger partial charge in [0.05, 0.1) is 9.40 Å². The Morgan fingerprint density at radius 3 is 2.71 bits per heavy atom. The molecule has 0 radical (unpaired) electrons. The van der Waals surface area contributed by atoms with Gasteiger partial charge in [0.2, 0.25) is 0 Å². The molecule has 1 heterocycles. The summed E-state index contributed by atoms with van der Waals surface area (Å²) in [5, 5.41) is 10.8. The molecule has 0 saturated heterocycles. The number of halogens is 1. The molecule has 2 rings (SSSR count). The third-order valence-corrected chi connectivity index (χ3v) is 2.65. The molecule has 1 aromatic carbocycles. The first-order valence-electron chi connectivity index (χ1n) is 4.70. The van der Waals surface area contributed by atoms with E-state index in [2.05, 4.69) is 20.9 Å². The van der Waals surface area contributed by atoms with Crippen LogP contribution in [0, 0.1) is 10.1 Å². The van der Waals surface area contributed by atoms with Crippen LogP contribution in [-0.4, -0.2) is 9.91 Å². The Morgan fingerprint density at radius 1 is 1.24 bits per heavy atom. The van der Waals surface area contributed by atoms with E-state index in [-0.39, 0.29) is 11.6 Å². The molecule has 86 valence electrons. The number of aromatic nitrogens is 1. The van der Waals surface area contributed by atoms with Gasteiger partial charge in [-0.3, -0.25) is 10.1 Å². The predicted octanol–water partition coefficient (Wildman–Crippen LogP) is 3.54. The summed E-state index contributed by atoms with van der Waals surface area (Å²) in [7, 11) is 0. The highest BCUT2D eigenvalue weighted by Gasteiger charge is 2.16. The lowest BCUT2D eigenvalue weighted by atomic mass is 10.3. The fraction of sp³-hybridized carbons (Fsp3) is 0. The fourth-order valence-electron chi connectivity index (χ4n) is 1.23. The number of pyridine rings is 1. The summed E-state index contributed by atoms with van der Waals surface area (Å²) in [6, 6.07) is 9.91. The fourth-order valence-corrected chi connectivity index (χ4v) is 1.60. The second kappa shape index (κ2) is 4.92. The van der Waals surface area contributed by atoms with Gasteiger partial charge in [-0.2, -0.15) is 0 Å². The van der Waals surface area contributed by atoms with Gasteiger partial charge >= 0.3 is 5.69 Å². The summed E-state index contributed by atoms with van der Waals surface area (Å²) in [6.45, 7) is 0. The van der Waals surface area contributed by atoms with Crippen LogP contribution in [-0.2, 0) is 0 Å². The van der Waals surface area contributed by atoms with E-state index in [4.69, 9.17) is 4.74 Å². The molecule has 2 aromatic rings. The molecule has 0 aliphatic rings. The van der Waals surface area contributed by atoms with E-state index in [1.807, 2.05) is 6.07 Å². The molecule has 6 heteroatoms. The minimum Gasteiger partial charge on any atom is -0.432 e. The highest BCUT2D eigenvalue weighted by molar-refractivity contribution is 9.10. The Bertz CT molecular complexity index is 560. The van der Waals surface area contributed by atoms with Gasteiger partial charge in [-0.1, -0.05) is 12.1 Å². The van der Waals surface area contributed by atoms with E-state index in [0.29, 0.717) is 10.2 Å². The van der Waals surface area contributed by atoms with Crippen LogP contribution >= 0.6 is 15.9 Å². The van der Waals surface area contributed by atoms with Crippen molar-refractivity contribution < 1.29 is 9.66 Å². The highest BCUT2D eigenvalue weighted by atomic mass is 79.9. The van der Waals surface area contributed by atoms with Gasteiger partial charge in [-0.05, 0) is 34.1 Å². The van der Waals surface area contributed by atoms with Crippen molar-refractivity contribution in [1.82, 2.24) is 4.98 Å². The third-order valence-electron chi connectivity index (χ3n) is 1.99. The van der Waals surface area contributed by atoms with E-state index < -0.39 is 4.92 Å². The molecule has 0 aliphatic heterocycles. The number of ether oxygens (including phenoxy) is 1. The molecule has 17 heavy (non-hydrogen) atoms. The number of para-hydroxylation sites is 1. The van der Waals surface area contributed by atoms with Gasteiger partial charge in [0.15, 0.2) is 0 Å². The van der Waals surface area contributed by atoms with E-state index in [1.165, 1.54) is 18.3 Å². The van der Waals surface area contributed by atoms with Crippen molar-refractivity contribution in [3.8, 4) is 11.6 Å². The quantitative estimate of drug-likeness (QED) is 0.641. The predicted molar refractivity (Wildman–Crippen MR) is 65.1 cm³/mol. The normalized spacial score (nSPS) is 9.94. The third kappa shape index (κ3) is 2.59. The lowest BCUT2D eigenvalue weighted by Gasteiger charge is -2.06. The number of nitro groups is 1. The second-order valence-electron chi connectivity index (χ2n) is 3.12. The molecule has 5 nitrogen and oxygen atoms in total. The van der Waals surface area contributed by atoms with E-state index in [1.54, 1.807) is 18.2 Å². The Labute approximate surface area is 105 Å². The topological polar surface area (TPSA) is 65.3 Å². The zero-order valence-corrected chi connectivity index (χ0v) is 10.1. The average molecular weight is 295 g/mol. The summed E-state index contributed by atoms with van der Waals surface area (Å²) in [4.78, 5) is 14.1. The summed E-state index contributed by atoms with van der Waals surface area (Å²) < 4.78 is 6.11. The maximum absolute atomic E-state index is 10.8. The summed E-state index contributed by atoms with van der Waals surface area (Å²) in [6.07, 6.45) is 1.44. The zero-order chi connectivity index (χ0) is 12.3. The van der Waals surface area contributed by atoms with Gasteiger partial charge in [0, 0.05) is 12.3 Å². The SMILES string of the molecule is O=[N+]([O-])c1cccnc1Oc1ccccc1Br. The number of rotatable bonds is 3. The largest absolute Gasteiger partial charge is 0.432 e. The van der Waals surface area contributed by atoms with Crippen molar-refractivity contribution in [2.24, 2.45) is 0 Å². The Hall–Kier alpha value is -1.95. The highest BCUT2D eigenvalue weighted by Crippen LogP contribution is 2.32. The Morgan fingerprint density at radius 2 is 2.00 bits per heavy atom. The van der Waals surface area contributed by atoms with Crippen molar-refractivity contribution in [3.05, 3.63) is 57.2 Å². The monoisotopic (exact) mass is 294 g/mol. The van der Waals surface area contributed by atoms with Crippen LogP contribution < -0.4 is 4.74 Å². The minimum atomic E-state index is -0.529. The number of benzene rings is 1. The van der Waals surface area contributed by atoms with Crippen LogP contribution in [0.4, 0.5) is 5.69 Å². The minimum absolute atomic E-state index is 0.0237. The molecular formula is C11H7BrN2O3. The van der Waals surface area contributed by atoms with Gasteiger partial charge in [-0.25, -0.2) is 4.98 Å². The molecule has 0 amide bonds. The first-order chi connectivity index (χ1) is 8.18. The smallest absolute Gasteiger partial charge is 0.331 e. The molecule has 0 aliphatic carbocycles. The van der Waals surface area contributed by atoms with E-state index in [9.17, 15) is 10.1 Å². The first-order valence-corrected chi connectivity index (χ1v) is 5.49. The van der Waals surface area contributed by atoms with Crippen LogP contribution in [0.2, 0.25) is 0 Å². The maximum atomic E-state index is 10.8. The lowest BCUT2D eigenvalue weighted by Crippen LogP contribution is -1.95. The van der Waals surface area contributed by atoms with Crippen molar-refractivity contribution >= 4 is 21.6 Å². The zero-order valence-electron chi connectivity index (χ0n) is 8.54. The molecular weight excluding hydrogens is 288 g/mol. The summed E-state index contributed by atoms with van der Waals surface area (Å²) in [5.41, 5.74) is -0.164. The second-order valence-corrected chi connectivity index (χ2v) is 3.97. The van der Waals surface area contributed by atoms with Crippen molar-refractivity contribution in [1.29, 1.82) is 0 Å². The number of hydrogen-bond donors (Lipinski definition) is 0. The standard InChI is InChI=1S/C11H7BrN2O3/c12-8-4-1-2-6-10(8)17-11-9(14(15)16)5-3-7-13-11/h1-7H. The van der Waals surface area contributed by atoms with Crippen LogP contribution in [0.5, 0.6) is 11.6 Å². The van der Waals surface area contributed by atoms with Gasteiger partial charge in [0.1, 0.15) is 5.75 Å². The molecule has 0 spiro atoms. The van der Waals surface area contributed by atoms with Crippen LogP contribution in [0.3, 0.4) is 0 Å². The molecule has 1 aromatic heterocycles. The van der Waals surface area contributed by atoms with Crippen molar-refractivity contribution in [2.45, 2.75) is 0 Å². The first kappa shape index (κ1) is 11.5. The molecule has 0 bridgehead atoms. The maximum Gasteiger partial charge on any atom is 0.331 e. The Kier molecular flexibility index (Phi) is 3.34. The molecule has 0 unspecified atom stereocenters. The van der Waals surface area contributed by atoms with Crippen LogP contribution in [0.25, 0.3) is 0 Å². The number of hydrogen-bond acceptors (Lipinski definition) is 4. The van der Waals surface area contributed by atoms with E-state index in [0.717, 1.165) is 0 Å². The summed E-state index contributed by atoms with van der Waals surface area (Å²) in [5.74, 6) is 0.457. The molecule has 0 N–H and O–H groups in total. The number of nitrogens with zero attached hydrogens (tertiary/aromatic N) is 2. The van der Waals surface area contributed by atoms with Crippen LogP contribution in [0.15, 0.2) is 47.1 Å². The van der Waals surface area contributed by atoms with Crippen molar-refractivity contribution in [2.75, 3.05) is 0 Å². The average Bonchev–Trinajstić information content (AvgIpc) is 2.32. The van der Waals surface area contributed by atoms with Crippen molar-refractivity contribution in [3.63, 3.8) is 0 Å². The molecule has 0 fully saturated rings. The van der Waals surface area contributed by atoms with Gasteiger partial charge < -0.3 is 4.74 Å². The van der Waals surface area contributed by atoms with Crippen LogP contribution in [0.1, 0.15) is 0 Å². The summed E-state index contributed by atoms with van der Waals surface area (Å²) >= 11 is 3.29. The lowest BCUT2D eigenvalue weighted by molar-refractivity contribution is -0.386. The Balaban J connectivity index is 2.37. The molecule has 0 saturated carbocycles. The van der Waals surface area contributed by atoms with E-state index >= 15 is 0 Å². The molecule has 0 atom stereocenters. The van der Waals surface area contributed by atoms with Gasteiger partial charge in [0.25, 0.3) is 5.88 Å².